The standard InChI is InChI=1S/C6H13BrN2O4S/c1-5(7)4-9(2)14(11,12)8-6(10)13-3/h5H,4H2,1-3H3,(H,8,10). The molecule has 1 atom stereocenters. The first kappa shape index (κ1) is 13.7. The smallest absolute Gasteiger partial charge is 0.421 e. The second-order valence-corrected chi connectivity index (χ2v) is 6.00. The average molecular weight is 289 g/mol. The quantitative estimate of drug-likeness (QED) is 0.755. The summed E-state index contributed by atoms with van der Waals surface area (Å²) in [6, 6.07) is 0. The molecule has 0 heterocycles. The maximum Gasteiger partial charge on any atom is 0.421 e. The van der Waals surface area contributed by atoms with E-state index in [-0.39, 0.29) is 11.4 Å². The number of hydrogen-bond acceptors (Lipinski definition) is 4. The highest BCUT2D eigenvalue weighted by Gasteiger charge is 2.21. The predicted molar refractivity (Wildman–Crippen MR) is 55.5 cm³/mol. The molecule has 8 heteroatoms. The lowest BCUT2D eigenvalue weighted by Crippen LogP contribution is -2.43. The molecule has 6 nitrogen and oxygen atoms in total. The summed E-state index contributed by atoms with van der Waals surface area (Å²) in [5.74, 6) is 0. The number of hydrogen-bond donors (Lipinski definition) is 1. The minimum absolute atomic E-state index is 0.00159. The predicted octanol–water partition coefficient (Wildman–Crippen LogP) is 0.302. The molecule has 0 rings (SSSR count). The van der Waals surface area contributed by atoms with Crippen LogP contribution in [-0.4, -0.2) is 44.3 Å². The van der Waals surface area contributed by atoms with Crippen molar-refractivity contribution in [3.8, 4) is 0 Å². The van der Waals surface area contributed by atoms with Crippen molar-refractivity contribution in [2.75, 3.05) is 20.7 Å². The van der Waals surface area contributed by atoms with Crippen LogP contribution in [-0.2, 0) is 14.9 Å². The molecule has 1 unspecified atom stereocenters. The van der Waals surface area contributed by atoms with Gasteiger partial charge in [-0.3, -0.25) is 0 Å². The molecule has 14 heavy (non-hydrogen) atoms. The number of nitrogens with one attached hydrogen (secondary N) is 1. The van der Waals surface area contributed by atoms with E-state index in [9.17, 15) is 13.2 Å². The van der Waals surface area contributed by atoms with Gasteiger partial charge >= 0.3 is 16.3 Å². The Morgan fingerprint density at radius 1 is 1.64 bits per heavy atom. The van der Waals surface area contributed by atoms with Crippen LogP contribution in [0, 0.1) is 0 Å². The number of alkyl halides is 1. The lowest BCUT2D eigenvalue weighted by atomic mass is 10.5. The summed E-state index contributed by atoms with van der Waals surface area (Å²) in [6.07, 6.45) is -1.00. The zero-order chi connectivity index (χ0) is 11.4. The number of ether oxygens (including phenoxy) is 1. The topological polar surface area (TPSA) is 75.7 Å². The Hall–Kier alpha value is -0.340. The molecule has 0 bridgehead atoms. The number of amides is 1. The molecule has 1 amide bonds. The maximum absolute atomic E-state index is 11.3. The fourth-order valence-corrected chi connectivity index (χ4v) is 2.17. The van der Waals surface area contributed by atoms with Gasteiger partial charge < -0.3 is 4.74 Å². The van der Waals surface area contributed by atoms with E-state index in [2.05, 4.69) is 20.7 Å². The Kier molecular flexibility index (Phi) is 5.38. The molecule has 0 aliphatic heterocycles. The van der Waals surface area contributed by atoms with Crippen molar-refractivity contribution in [3.63, 3.8) is 0 Å². The highest BCUT2D eigenvalue weighted by Crippen LogP contribution is 2.03. The van der Waals surface area contributed by atoms with Crippen molar-refractivity contribution in [2.45, 2.75) is 11.8 Å². The van der Waals surface area contributed by atoms with E-state index in [4.69, 9.17) is 0 Å². The Bertz CT molecular complexity index is 290. The molecule has 0 aromatic rings. The molecule has 0 spiro atoms. The van der Waals surface area contributed by atoms with Crippen LogP contribution in [0.4, 0.5) is 4.79 Å². The summed E-state index contributed by atoms with van der Waals surface area (Å²) in [4.78, 5) is 10.7. The highest BCUT2D eigenvalue weighted by molar-refractivity contribution is 9.09. The van der Waals surface area contributed by atoms with E-state index >= 15 is 0 Å². The molecule has 0 aromatic heterocycles. The third kappa shape index (κ3) is 4.77. The van der Waals surface area contributed by atoms with Crippen molar-refractivity contribution < 1.29 is 17.9 Å². The van der Waals surface area contributed by atoms with E-state index in [0.717, 1.165) is 11.4 Å². The molecule has 0 fully saturated rings. The van der Waals surface area contributed by atoms with Gasteiger partial charge in [-0.25, -0.2) is 9.52 Å². The summed E-state index contributed by atoms with van der Waals surface area (Å²) in [7, 11) is -1.33. The van der Waals surface area contributed by atoms with Crippen LogP contribution in [0.15, 0.2) is 0 Å². The molecule has 84 valence electrons. The van der Waals surface area contributed by atoms with Gasteiger partial charge in [-0.2, -0.15) is 12.7 Å². The molecule has 0 radical (unpaired) electrons. The minimum Gasteiger partial charge on any atom is -0.452 e. The fourth-order valence-electron chi connectivity index (χ4n) is 0.677. The van der Waals surface area contributed by atoms with E-state index in [1.165, 1.54) is 7.05 Å². The van der Waals surface area contributed by atoms with E-state index in [0.29, 0.717) is 0 Å². The number of methoxy groups -OCH3 is 1. The van der Waals surface area contributed by atoms with Crippen molar-refractivity contribution in [1.29, 1.82) is 0 Å². The van der Waals surface area contributed by atoms with Crippen LogP contribution in [0.5, 0.6) is 0 Å². The second kappa shape index (κ2) is 5.52. The first-order chi connectivity index (χ1) is 6.29. The Labute approximate surface area is 91.9 Å². The number of nitrogens with zero attached hydrogens (tertiary/aromatic N) is 1. The van der Waals surface area contributed by atoms with Crippen LogP contribution >= 0.6 is 15.9 Å². The highest BCUT2D eigenvalue weighted by atomic mass is 79.9. The molecule has 0 aromatic carbocycles. The van der Waals surface area contributed by atoms with Gasteiger partial charge in [-0.1, -0.05) is 22.9 Å². The number of rotatable bonds is 4. The molecular formula is C6H13BrN2O4S. The number of carbonyl (C=O) groups excluding carboxylic acids is 1. The monoisotopic (exact) mass is 288 g/mol. The van der Waals surface area contributed by atoms with Gasteiger partial charge in [0.2, 0.25) is 0 Å². The summed E-state index contributed by atoms with van der Waals surface area (Å²) in [5.41, 5.74) is 0. The van der Waals surface area contributed by atoms with Crippen molar-refractivity contribution in [2.24, 2.45) is 0 Å². The van der Waals surface area contributed by atoms with Crippen LogP contribution in [0.1, 0.15) is 6.92 Å². The van der Waals surface area contributed by atoms with Gasteiger partial charge in [-0.05, 0) is 0 Å². The number of halogens is 1. The van der Waals surface area contributed by atoms with E-state index in [1.54, 1.807) is 11.6 Å². The van der Waals surface area contributed by atoms with Crippen LogP contribution in [0.25, 0.3) is 0 Å². The van der Waals surface area contributed by atoms with Gasteiger partial charge in [0.1, 0.15) is 0 Å². The number of carbonyl (C=O) groups is 1. The third-order valence-electron chi connectivity index (χ3n) is 1.32. The molecular weight excluding hydrogens is 276 g/mol. The van der Waals surface area contributed by atoms with Crippen LogP contribution in [0.2, 0.25) is 0 Å². The zero-order valence-electron chi connectivity index (χ0n) is 8.15. The Balaban J connectivity index is 4.39. The molecule has 0 aliphatic carbocycles. The summed E-state index contributed by atoms with van der Waals surface area (Å²) < 4.78 is 29.6. The SMILES string of the molecule is COC(=O)NS(=O)(=O)N(C)CC(C)Br. The molecule has 0 saturated carbocycles. The Morgan fingerprint density at radius 2 is 2.14 bits per heavy atom. The fraction of sp³-hybridized carbons (Fsp3) is 0.833. The largest absolute Gasteiger partial charge is 0.452 e. The lowest BCUT2D eigenvalue weighted by molar-refractivity contribution is 0.177. The first-order valence-electron chi connectivity index (χ1n) is 3.75. The second-order valence-electron chi connectivity index (χ2n) is 2.66. The zero-order valence-corrected chi connectivity index (χ0v) is 10.6. The third-order valence-corrected chi connectivity index (χ3v) is 3.00. The van der Waals surface area contributed by atoms with Crippen LogP contribution in [0.3, 0.4) is 0 Å². The van der Waals surface area contributed by atoms with E-state index < -0.39 is 16.3 Å². The van der Waals surface area contributed by atoms with E-state index in [1.807, 2.05) is 0 Å². The van der Waals surface area contributed by atoms with Crippen molar-refractivity contribution in [1.82, 2.24) is 9.03 Å². The molecule has 1 N–H and O–H groups in total. The first-order valence-corrected chi connectivity index (χ1v) is 6.11. The van der Waals surface area contributed by atoms with Crippen molar-refractivity contribution in [3.05, 3.63) is 0 Å². The maximum atomic E-state index is 11.3. The summed E-state index contributed by atoms with van der Waals surface area (Å²) in [6.45, 7) is 2.05. The summed E-state index contributed by atoms with van der Waals surface area (Å²) in [5, 5.41) is 0. The molecule has 0 aliphatic rings. The van der Waals surface area contributed by atoms with Crippen molar-refractivity contribution >= 4 is 32.2 Å². The normalized spacial score (nSPS) is 13.8. The van der Waals surface area contributed by atoms with Gasteiger partial charge in [0.25, 0.3) is 0 Å². The Morgan fingerprint density at radius 3 is 2.50 bits per heavy atom. The lowest BCUT2D eigenvalue weighted by Gasteiger charge is -2.17. The van der Waals surface area contributed by atoms with Gasteiger partial charge in [-0.15, -0.1) is 0 Å². The van der Waals surface area contributed by atoms with Gasteiger partial charge in [0, 0.05) is 18.4 Å². The van der Waals surface area contributed by atoms with Crippen LogP contribution < -0.4 is 4.72 Å². The van der Waals surface area contributed by atoms with Gasteiger partial charge in [0.15, 0.2) is 0 Å². The minimum atomic E-state index is -3.79. The summed E-state index contributed by atoms with van der Waals surface area (Å²) >= 11 is 3.20. The van der Waals surface area contributed by atoms with Gasteiger partial charge in [0.05, 0.1) is 7.11 Å². The molecule has 0 saturated heterocycles. The average Bonchev–Trinajstić information content (AvgIpc) is 2.02.